The number of ether oxygens (including phenoxy) is 1. The minimum Gasteiger partial charge on any atom is -0.377 e. The summed E-state index contributed by atoms with van der Waals surface area (Å²) in [5.74, 6) is 1.11. The molecule has 1 aromatic carbocycles. The van der Waals surface area contributed by atoms with Gasteiger partial charge in [-0.2, -0.15) is 0 Å². The number of benzene rings is 1. The molecule has 1 aliphatic rings. The topological polar surface area (TPSA) is 35.2 Å². The molecule has 0 radical (unpaired) electrons. The molecule has 0 spiro atoms. The van der Waals surface area contributed by atoms with Crippen LogP contribution < -0.4 is 5.73 Å². The van der Waals surface area contributed by atoms with Gasteiger partial charge in [0.25, 0.3) is 0 Å². The van der Waals surface area contributed by atoms with E-state index in [0.29, 0.717) is 13.2 Å². The van der Waals surface area contributed by atoms with Gasteiger partial charge in [-0.15, -0.1) is 24.2 Å². The Morgan fingerprint density at radius 2 is 1.93 bits per heavy atom. The summed E-state index contributed by atoms with van der Waals surface area (Å²) in [5, 5.41) is 0. The van der Waals surface area contributed by atoms with E-state index in [1.165, 1.54) is 10.5 Å². The molecule has 84 valence electrons. The maximum absolute atomic E-state index is 6.12. The van der Waals surface area contributed by atoms with E-state index < -0.39 is 0 Å². The van der Waals surface area contributed by atoms with E-state index in [1.807, 2.05) is 11.8 Å². The second-order valence-corrected chi connectivity index (χ2v) is 4.94. The lowest BCUT2D eigenvalue weighted by atomic mass is 9.89. The van der Waals surface area contributed by atoms with Crippen LogP contribution in [-0.4, -0.2) is 19.0 Å². The number of hydrogen-bond acceptors (Lipinski definition) is 3. The number of thioether (sulfide) groups is 1. The Morgan fingerprint density at radius 3 is 2.33 bits per heavy atom. The van der Waals surface area contributed by atoms with Gasteiger partial charge >= 0.3 is 0 Å². The lowest BCUT2D eigenvalue weighted by molar-refractivity contribution is -0.0569. The van der Waals surface area contributed by atoms with Gasteiger partial charge in [0, 0.05) is 4.90 Å². The van der Waals surface area contributed by atoms with E-state index in [9.17, 15) is 0 Å². The first-order valence-corrected chi connectivity index (χ1v) is 5.83. The van der Waals surface area contributed by atoms with Gasteiger partial charge in [0.2, 0.25) is 0 Å². The molecule has 0 aromatic heterocycles. The average molecular weight is 246 g/mol. The van der Waals surface area contributed by atoms with Crippen LogP contribution in [0.3, 0.4) is 0 Å². The van der Waals surface area contributed by atoms with E-state index in [2.05, 4.69) is 31.2 Å². The highest BCUT2D eigenvalue weighted by Crippen LogP contribution is 2.28. The van der Waals surface area contributed by atoms with Crippen LogP contribution >= 0.6 is 24.2 Å². The fourth-order valence-corrected chi connectivity index (χ4v) is 2.20. The molecule has 1 fully saturated rings. The summed E-state index contributed by atoms with van der Waals surface area (Å²) < 4.78 is 5.14. The van der Waals surface area contributed by atoms with E-state index >= 15 is 0 Å². The first-order valence-electron chi connectivity index (χ1n) is 4.84. The Hall–Kier alpha value is -0.220. The smallest absolute Gasteiger partial charge is 0.0883 e. The number of rotatable bonds is 3. The van der Waals surface area contributed by atoms with Gasteiger partial charge in [0.15, 0.2) is 0 Å². The first kappa shape index (κ1) is 12.8. The fourth-order valence-electron chi connectivity index (χ4n) is 1.54. The van der Waals surface area contributed by atoms with E-state index in [1.54, 1.807) is 0 Å². The molecule has 0 aliphatic carbocycles. The van der Waals surface area contributed by atoms with E-state index in [-0.39, 0.29) is 17.9 Å². The molecule has 15 heavy (non-hydrogen) atoms. The Balaban J connectivity index is 0.00000112. The third-order valence-electron chi connectivity index (χ3n) is 2.46. The maximum atomic E-state index is 6.12. The van der Waals surface area contributed by atoms with Crippen LogP contribution in [0.15, 0.2) is 29.2 Å². The van der Waals surface area contributed by atoms with Crippen molar-refractivity contribution in [1.82, 2.24) is 0 Å². The Morgan fingerprint density at radius 1 is 1.33 bits per heavy atom. The third kappa shape index (κ3) is 2.67. The van der Waals surface area contributed by atoms with Gasteiger partial charge in [-0.3, -0.25) is 0 Å². The van der Waals surface area contributed by atoms with Crippen LogP contribution in [0.4, 0.5) is 0 Å². The minimum atomic E-state index is -0.227. The Bertz CT molecular complexity index is 311. The van der Waals surface area contributed by atoms with Gasteiger partial charge in [0.1, 0.15) is 0 Å². The van der Waals surface area contributed by atoms with Crippen LogP contribution in [0.1, 0.15) is 12.5 Å². The van der Waals surface area contributed by atoms with Crippen LogP contribution in [0.2, 0.25) is 0 Å². The molecule has 0 bridgehead atoms. The standard InChI is InChI=1S/C11H15NOS.ClH/c1-2-14-10-5-3-9(4-6-10)11(12)7-13-8-11;/h3-6H,2,7-8,12H2,1H3;1H. The van der Waals surface area contributed by atoms with Gasteiger partial charge in [0.05, 0.1) is 18.8 Å². The molecular formula is C11H16ClNOS. The molecule has 2 nitrogen and oxygen atoms in total. The van der Waals surface area contributed by atoms with Crippen molar-refractivity contribution in [3.05, 3.63) is 29.8 Å². The largest absolute Gasteiger partial charge is 0.377 e. The predicted molar refractivity (Wildman–Crippen MR) is 66.8 cm³/mol. The summed E-state index contributed by atoms with van der Waals surface area (Å²) in [6, 6.07) is 8.49. The summed E-state index contributed by atoms with van der Waals surface area (Å²) in [5.41, 5.74) is 7.07. The number of nitrogens with two attached hydrogens (primary N) is 1. The molecule has 0 saturated carbocycles. The van der Waals surface area contributed by atoms with Crippen molar-refractivity contribution in [3.8, 4) is 0 Å². The quantitative estimate of drug-likeness (QED) is 0.831. The molecule has 1 aliphatic heterocycles. The van der Waals surface area contributed by atoms with Crippen LogP contribution in [0.25, 0.3) is 0 Å². The van der Waals surface area contributed by atoms with Crippen LogP contribution in [0, 0.1) is 0 Å². The number of halogens is 1. The number of hydrogen-bond donors (Lipinski definition) is 1. The van der Waals surface area contributed by atoms with Gasteiger partial charge in [-0.1, -0.05) is 19.1 Å². The van der Waals surface area contributed by atoms with Gasteiger partial charge in [-0.25, -0.2) is 0 Å². The molecule has 2 rings (SSSR count). The summed E-state index contributed by atoms with van der Waals surface area (Å²) >= 11 is 1.85. The molecule has 4 heteroatoms. The summed E-state index contributed by atoms with van der Waals surface area (Å²) in [4.78, 5) is 1.31. The normalized spacial score (nSPS) is 17.7. The third-order valence-corrected chi connectivity index (χ3v) is 3.35. The molecule has 0 atom stereocenters. The summed E-state index contributed by atoms with van der Waals surface area (Å²) in [6.07, 6.45) is 0. The second kappa shape index (κ2) is 5.21. The Kier molecular flexibility index (Phi) is 4.46. The highest BCUT2D eigenvalue weighted by Gasteiger charge is 2.35. The van der Waals surface area contributed by atoms with E-state index in [0.717, 1.165) is 5.75 Å². The van der Waals surface area contributed by atoms with Crippen molar-refractivity contribution in [1.29, 1.82) is 0 Å². The molecule has 0 amide bonds. The zero-order valence-corrected chi connectivity index (χ0v) is 10.4. The Labute approximate surface area is 101 Å². The highest BCUT2D eigenvalue weighted by molar-refractivity contribution is 7.99. The van der Waals surface area contributed by atoms with Crippen molar-refractivity contribution in [2.45, 2.75) is 17.4 Å². The van der Waals surface area contributed by atoms with E-state index in [4.69, 9.17) is 10.5 Å². The molecular weight excluding hydrogens is 230 g/mol. The monoisotopic (exact) mass is 245 g/mol. The van der Waals surface area contributed by atoms with Crippen molar-refractivity contribution >= 4 is 24.2 Å². The fraction of sp³-hybridized carbons (Fsp3) is 0.455. The van der Waals surface area contributed by atoms with Crippen LogP contribution in [0.5, 0.6) is 0 Å². The minimum absolute atomic E-state index is 0. The summed E-state index contributed by atoms with van der Waals surface area (Å²) in [6.45, 7) is 3.45. The summed E-state index contributed by atoms with van der Waals surface area (Å²) in [7, 11) is 0. The van der Waals surface area contributed by atoms with Gasteiger partial charge < -0.3 is 10.5 Å². The van der Waals surface area contributed by atoms with Crippen LogP contribution in [-0.2, 0) is 10.3 Å². The zero-order valence-electron chi connectivity index (χ0n) is 8.73. The maximum Gasteiger partial charge on any atom is 0.0883 e. The highest BCUT2D eigenvalue weighted by atomic mass is 35.5. The van der Waals surface area contributed by atoms with Crippen molar-refractivity contribution in [2.24, 2.45) is 5.73 Å². The molecule has 2 N–H and O–H groups in total. The zero-order chi connectivity index (χ0) is 10.0. The lowest BCUT2D eigenvalue weighted by Gasteiger charge is -2.38. The SMILES string of the molecule is CCSc1ccc(C2(N)COC2)cc1.Cl. The second-order valence-electron chi connectivity index (χ2n) is 3.61. The molecule has 1 aromatic rings. The van der Waals surface area contributed by atoms with Crippen molar-refractivity contribution < 1.29 is 4.74 Å². The lowest BCUT2D eigenvalue weighted by Crippen LogP contribution is -2.54. The molecule has 0 unspecified atom stereocenters. The average Bonchev–Trinajstić information content (AvgIpc) is 2.16. The van der Waals surface area contributed by atoms with Crippen molar-refractivity contribution in [3.63, 3.8) is 0 Å². The van der Waals surface area contributed by atoms with Gasteiger partial charge in [-0.05, 0) is 23.4 Å². The first-order chi connectivity index (χ1) is 6.74. The predicted octanol–water partition coefficient (Wildman–Crippen LogP) is 2.40. The molecule has 1 saturated heterocycles. The molecule has 1 heterocycles. The van der Waals surface area contributed by atoms with Crippen molar-refractivity contribution in [2.75, 3.05) is 19.0 Å².